The molecule has 1 aliphatic heterocycles. The first-order valence-electron chi connectivity index (χ1n) is 11.8. The molecule has 0 fully saturated rings. The van der Waals surface area contributed by atoms with Crippen molar-refractivity contribution in [2.75, 3.05) is 12.3 Å². The van der Waals surface area contributed by atoms with Gasteiger partial charge in [0.15, 0.2) is 17.3 Å². The Morgan fingerprint density at radius 2 is 1.92 bits per heavy atom. The van der Waals surface area contributed by atoms with Crippen molar-refractivity contribution < 1.29 is 22.4 Å². The highest BCUT2D eigenvalue weighted by atomic mass is 32.2. The van der Waals surface area contributed by atoms with Crippen LogP contribution in [0.5, 0.6) is 0 Å². The van der Waals surface area contributed by atoms with Gasteiger partial charge >= 0.3 is 5.51 Å². The normalized spacial score (nSPS) is 14.4. The highest BCUT2D eigenvalue weighted by molar-refractivity contribution is 8.00. The molecule has 0 bridgehead atoms. The number of carbonyl (C=O) groups is 1. The summed E-state index contributed by atoms with van der Waals surface area (Å²) in [6.45, 7) is 3.34. The summed E-state index contributed by atoms with van der Waals surface area (Å²) in [6, 6.07) is 9.72. The molecule has 0 saturated heterocycles. The van der Waals surface area contributed by atoms with Crippen LogP contribution in [0.1, 0.15) is 35.5 Å². The molecule has 0 radical (unpaired) electrons. The number of thioether (sulfide) groups is 1. The Morgan fingerprint density at radius 1 is 1.15 bits per heavy atom. The van der Waals surface area contributed by atoms with E-state index in [2.05, 4.69) is 30.4 Å². The maximum absolute atomic E-state index is 14.4. The smallest absolute Gasteiger partial charge is 0.386 e. The Labute approximate surface area is 224 Å². The van der Waals surface area contributed by atoms with Gasteiger partial charge in [-0.3, -0.25) is 4.79 Å². The molecule has 202 valence electrons. The van der Waals surface area contributed by atoms with E-state index in [1.54, 1.807) is 50.4 Å². The molecule has 0 unspecified atom stereocenters. The Balaban J connectivity index is 1.58. The van der Waals surface area contributed by atoms with Crippen LogP contribution in [-0.4, -0.2) is 54.3 Å². The lowest BCUT2D eigenvalue weighted by atomic mass is 9.84. The second-order valence-corrected chi connectivity index (χ2v) is 10.4. The molecule has 5 rings (SSSR count). The van der Waals surface area contributed by atoms with E-state index in [9.17, 15) is 22.4 Å². The number of pyridine rings is 1. The summed E-state index contributed by atoms with van der Waals surface area (Å²) < 4.78 is 53.5. The minimum atomic E-state index is -4.41. The molecule has 4 heterocycles. The van der Waals surface area contributed by atoms with Crippen molar-refractivity contribution in [3.63, 3.8) is 0 Å². The molecular formula is C25H22F4N8OS. The van der Waals surface area contributed by atoms with E-state index < -0.39 is 22.6 Å². The molecule has 0 spiro atoms. The number of aromatic nitrogens is 5. The molecule has 0 aliphatic carbocycles. The van der Waals surface area contributed by atoms with Crippen molar-refractivity contribution in [2.24, 2.45) is 10.7 Å². The molecule has 1 aliphatic rings. The Morgan fingerprint density at radius 3 is 2.67 bits per heavy atom. The summed E-state index contributed by atoms with van der Waals surface area (Å²) in [5, 5.41) is 7.65. The number of hydrogen-bond acceptors (Lipinski definition) is 8. The monoisotopic (exact) mass is 558 g/mol. The van der Waals surface area contributed by atoms with Gasteiger partial charge in [0.25, 0.3) is 5.91 Å². The predicted octanol–water partition coefficient (Wildman–Crippen LogP) is 4.34. The van der Waals surface area contributed by atoms with Crippen molar-refractivity contribution in [1.29, 1.82) is 0 Å². The van der Waals surface area contributed by atoms with Crippen molar-refractivity contribution in [1.82, 2.24) is 30.0 Å². The van der Waals surface area contributed by atoms with Crippen molar-refractivity contribution >= 4 is 40.4 Å². The summed E-state index contributed by atoms with van der Waals surface area (Å²) in [7, 11) is 0. The zero-order chi connectivity index (χ0) is 27.9. The van der Waals surface area contributed by atoms with Crippen LogP contribution < -0.4 is 11.1 Å². The number of alkyl halides is 3. The van der Waals surface area contributed by atoms with Gasteiger partial charge in [-0.15, -0.1) is 0 Å². The number of fused-ring (bicyclic) bond motifs is 2. The van der Waals surface area contributed by atoms with E-state index in [1.807, 2.05) is 0 Å². The standard InChI is InChI=1S/C25H22F4N8OS/c1-24(2)16-18(22(38)32-10-11-39-25(27,28)29)33-20(34-19(16)35-23(24)30)17-14-7-5-9-31-21(14)37(36-17)12-13-6-3-4-8-15(13)26/h3-9H,10-12H2,1-2H3,(H,32,38)(H2,30,33,34,35). The number of nitrogens with two attached hydrogens (primary N) is 1. The summed E-state index contributed by atoms with van der Waals surface area (Å²) >= 11 is -0.234. The van der Waals surface area contributed by atoms with Gasteiger partial charge in [0.2, 0.25) is 0 Å². The van der Waals surface area contributed by atoms with Gasteiger partial charge in [0.1, 0.15) is 23.0 Å². The number of benzene rings is 1. The molecule has 9 nitrogen and oxygen atoms in total. The van der Waals surface area contributed by atoms with Crippen molar-refractivity contribution in [2.45, 2.75) is 31.3 Å². The van der Waals surface area contributed by atoms with Gasteiger partial charge in [-0.2, -0.15) is 18.3 Å². The minimum Gasteiger partial charge on any atom is -0.386 e. The van der Waals surface area contributed by atoms with Gasteiger partial charge < -0.3 is 11.1 Å². The lowest BCUT2D eigenvalue weighted by molar-refractivity contribution is -0.0327. The molecule has 0 saturated carbocycles. The highest BCUT2D eigenvalue weighted by Gasteiger charge is 2.40. The van der Waals surface area contributed by atoms with Crippen LogP contribution in [0.15, 0.2) is 47.6 Å². The second kappa shape index (κ2) is 9.91. The Hall–Kier alpha value is -4.07. The van der Waals surface area contributed by atoms with Crippen LogP contribution in [0.25, 0.3) is 22.6 Å². The first kappa shape index (κ1) is 26.5. The fourth-order valence-electron chi connectivity index (χ4n) is 4.25. The van der Waals surface area contributed by atoms with E-state index in [-0.39, 0.29) is 59.5 Å². The molecule has 1 amide bonds. The SMILES string of the molecule is CC1(C)C(N)=Nc2nc(-c3nn(Cc4ccccc4F)c4ncccc34)nc(C(=O)NCCSC(F)(F)F)c21. The summed E-state index contributed by atoms with van der Waals surface area (Å²) in [5.74, 6) is -1.04. The summed E-state index contributed by atoms with van der Waals surface area (Å²) in [6.07, 6.45) is 1.57. The van der Waals surface area contributed by atoms with E-state index in [1.165, 1.54) is 10.7 Å². The first-order chi connectivity index (χ1) is 18.5. The average molecular weight is 559 g/mol. The van der Waals surface area contributed by atoms with Crippen LogP contribution in [-0.2, 0) is 12.0 Å². The lowest BCUT2D eigenvalue weighted by Gasteiger charge is -2.21. The molecular weight excluding hydrogens is 536 g/mol. The van der Waals surface area contributed by atoms with Crippen LogP contribution in [0, 0.1) is 5.82 Å². The molecule has 0 atom stereocenters. The third-order valence-corrected chi connectivity index (χ3v) is 6.98. The number of amidine groups is 1. The maximum atomic E-state index is 14.4. The zero-order valence-corrected chi connectivity index (χ0v) is 21.6. The second-order valence-electron chi connectivity index (χ2n) is 9.24. The lowest BCUT2D eigenvalue weighted by Crippen LogP contribution is -2.36. The highest BCUT2D eigenvalue weighted by Crippen LogP contribution is 2.40. The van der Waals surface area contributed by atoms with E-state index >= 15 is 0 Å². The molecule has 4 aromatic rings. The third-order valence-electron chi connectivity index (χ3n) is 6.25. The van der Waals surface area contributed by atoms with Crippen molar-refractivity contribution in [3.05, 3.63) is 65.2 Å². The summed E-state index contributed by atoms with van der Waals surface area (Å²) in [4.78, 5) is 31.0. The van der Waals surface area contributed by atoms with Crippen LogP contribution in [0.2, 0.25) is 0 Å². The fraction of sp³-hybridized carbons (Fsp3) is 0.280. The number of halogens is 4. The van der Waals surface area contributed by atoms with Crippen LogP contribution in [0.4, 0.5) is 23.4 Å². The fourth-order valence-corrected chi connectivity index (χ4v) is 4.68. The van der Waals surface area contributed by atoms with Gasteiger partial charge in [-0.25, -0.2) is 29.0 Å². The zero-order valence-electron chi connectivity index (χ0n) is 20.8. The third kappa shape index (κ3) is 5.15. The summed E-state index contributed by atoms with van der Waals surface area (Å²) in [5.41, 5.74) is 2.24. The number of nitrogens with zero attached hydrogens (tertiary/aromatic N) is 6. The average Bonchev–Trinajstić information content (AvgIpc) is 3.36. The number of rotatable bonds is 7. The van der Waals surface area contributed by atoms with E-state index in [4.69, 9.17) is 5.73 Å². The van der Waals surface area contributed by atoms with E-state index in [0.29, 0.717) is 22.2 Å². The van der Waals surface area contributed by atoms with Crippen molar-refractivity contribution in [3.8, 4) is 11.5 Å². The van der Waals surface area contributed by atoms with Gasteiger partial charge in [-0.05, 0) is 43.8 Å². The topological polar surface area (TPSA) is 124 Å². The number of aliphatic imine (C=N–C) groups is 1. The van der Waals surface area contributed by atoms with Crippen LogP contribution >= 0.6 is 11.8 Å². The Kier molecular flexibility index (Phi) is 6.74. The predicted molar refractivity (Wildman–Crippen MR) is 139 cm³/mol. The Bertz CT molecular complexity index is 1620. The maximum Gasteiger partial charge on any atom is 0.441 e. The number of nitrogens with one attached hydrogen (secondary N) is 1. The van der Waals surface area contributed by atoms with Crippen LogP contribution in [0.3, 0.4) is 0 Å². The number of carbonyl (C=O) groups excluding carboxylic acids is 1. The number of hydrogen-bond donors (Lipinski definition) is 2. The first-order valence-corrected chi connectivity index (χ1v) is 12.8. The van der Waals surface area contributed by atoms with E-state index in [0.717, 1.165) is 0 Å². The van der Waals surface area contributed by atoms with Gasteiger partial charge in [-0.1, -0.05) is 18.2 Å². The minimum absolute atomic E-state index is 0.0445. The molecule has 14 heteroatoms. The quantitative estimate of drug-likeness (QED) is 0.256. The molecule has 3 aromatic heterocycles. The molecule has 39 heavy (non-hydrogen) atoms. The number of amides is 1. The van der Waals surface area contributed by atoms with Gasteiger partial charge in [0.05, 0.1) is 17.3 Å². The largest absolute Gasteiger partial charge is 0.441 e. The van der Waals surface area contributed by atoms with Gasteiger partial charge in [0, 0.05) is 29.6 Å². The molecule has 3 N–H and O–H groups in total. The molecule has 1 aromatic carbocycles.